The fraction of sp³-hybridized carbons (Fsp3) is 0.550. The van der Waals surface area contributed by atoms with Crippen LogP contribution in [0, 0.1) is 0 Å². The molecule has 0 aromatic carbocycles. The number of carbonyl (C=O) groups is 1. The van der Waals surface area contributed by atoms with E-state index in [1.807, 2.05) is 23.1 Å². The number of urea groups is 1. The molecule has 6 nitrogen and oxygen atoms in total. The van der Waals surface area contributed by atoms with Gasteiger partial charge >= 0.3 is 6.03 Å². The van der Waals surface area contributed by atoms with Crippen LogP contribution >= 0.6 is 11.3 Å². The molecule has 1 aliphatic carbocycles. The molecule has 0 saturated carbocycles. The van der Waals surface area contributed by atoms with Gasteiger partial charge in [0.1, 0.15) is 6.10 Å². The number of fused-ring (bicyclic) bond motifs is 3. The van der Waals surface area contributed by atoms with Crippen LogP contribution in [0.4, 0.5) is 9.93 Å². The molecule has 2 aliphatic heterocycles. The molecule has 2 atom stereocenters. The summed E-state index contributed by atoms with van der Waals surface area (Å²) < 4.78 is 6.06. The molecule has 7 heteroatoms. The number of hydrogen-bond acceptors (Lipinski definition) is 5. The fourth-order valence-electron chi connectivity index (χ4n) is 4.70. The summed E-state index contributed by atoms with van der Waals surface area (Å²) in [6.45, 7) is 0. The zero-order chi connectivity index (χ0) is 18.2. The van der Waals surface area contributed by atoms with Gasteiger partial charge in [-0.25, -0.2) is 14.8 Å². The Morgan fingerprint density at radius 3 is 2.74 bits per heavy atom. The van der Waals surface area contributed by atoms with Gasteiger partial charge in [0.25, 0.3) is 0 Å². The standard InChI is InChI=1S/C20H24N4O2S/c25-20(23-19-22-16-5-1-2-6-17(16)27-19)24-13-8-9-14(24)12-15(11-13)26-18-7-3-4-10-21-18/h3-4,7,10,13-15H,1-2,5-6,8-9,11-12H2,(H,22,23,25). The van der Waals surface area contributed by atoms with Crippen molar-refractivity contribution in [2.75, 3.05) is 5.32 Å². The summed E-state index contributed by atoms with van der Waals surface area (Å²) in [6.07, 6.45) is 10.3. The maximum absolute atomic E-state index is 12.9. The van der Waals surface area contributed by atoms with E-state index in [4.69, 9.17) is 4.74 Å². The van der Waals surface area contributed by atoms with Gasteiger partial charge in [0, 0.05) is 42.1 Å². The van der Waals surface area contributed by atoms with Crippen molar-refractivity contribution in [1.82, 2.24) is 14.9 Å². The Morgan fingerprint density at radius 2 is 2.00 bits per heavy atom. The van der Waals surface area contributed by atoms with E-state index in [0.717, 1.165) is 43.7 Å². The highest BCUT2D eigenvalue weighted by molar-refractivity contribution is 7.15. The molecule has 2 unspecified atom stereocenters. The monoisotopic (exact) mass is 384 g/mol. The zero-order valence-corrected chi connectivity index (χ0v) is 16.1. The third-order valence-electron chi connectivity index (χ3n) is 5.91. The number of ether oxygens (including phenoxy) is 1. The second-order valence-corrected chi connectivity index (χ2v) is 8.78. The Kier molecular flexibility index (Phi) is 4.47. The summed E-state index contributed by atoms with van der Waals surface area (Å²) in [6, 6.07) is 6.21. The number of pyridine rings is 1. The van der Waals surface area contributed by atoms with Gasteiger partial charge in [0.15, 0.2) is 5.13 Å². The average molecular weight is 385 g/mol. The van der Waals surface area contributed by atoms with Gasteiger partial charge < -0.3 is 9.64 Å². The third kappa shape index (κ3) is 3.40. The molecule has 142 valence electrons. The van der Waals surface area contributed by atoms with E-state index in [1.165, 1.54) is 23.4 Å². The predicted molar refractivity (Wildman–Crippen MR) is 104 cm³/mol. The highest BCUT2D eigenvalue weighted by Gasteiger charge is 2.44. The van der Waals surface area contributed by atoms with Gasteiger partial charge in [-0.3, -0.25) is 5.32 Å². The maximum Gasteiger partial charge on any atom is 0.324 e. The zero-order valence-electron chi connectivity index (χ0n) is 15.3. The lowest BCUT2D eigenvalue weighted by Crippen LogP contribution is -2.50. The van der Waals surface area contributed by atoms with Gasteiger partial charge in [-0.15, -0.1) is 11.3 Å². The highest BCUT2D eigenvalue weighted by atomic mass is 32.1. The van der Waals surface area contributed by atoms with Crippen molar-refractivity contribution < 1.29 is 9.53 Å². The normalized spacial score (nSPS) is 26.5. The lowest BCUT2D eigenvalue weighted by molar-refractivity contribution is 0.0704. The van der Waals surface area contributed by atoms with Gasteiger partial charge in [-0.05, 0) is 44.6 Å². The lowest BCUT2D eigenvalue weighted by atomic mass is 10.00. The first-order valence-corrected chi connectivity index (χ1v) is 10.7. The van der Waals surface area contributed by atoms with Crippen LogP contribution in [0.1, 0.15) is 49.1 Å². The van der Waals surface area contributed by atoms with Crippen LogP contribution in [0.5, 0.6) is 5.88 Å². The van der Waals surface area contributed by atoms with Gasteiger partial charge in [-0.2, -0.15) is 0 Å². The first-order chi connectivity index (χ1) is 13.3. The second-order valence-electron chi connectivity index (χ2n) is 7.70. The smallest absolute Gasteiger partial charge is 0.324 e. The Morgan fingerprint density at radius 1 is 1.19 bits per heavy atom. The first-order valence-electron chi connectivity index (χ1n) is 9.92. The SMILES string of the molecule is O=C(Nc1nc2c(s1)CCCC2)N1C2CCC1CC(Oc1ccccn1)C2. The van der Waals surface area contributed by atoms with E-state index in [9.17, 15) is 4.79 Å². The molecule has 0 spiro atoms. The molecule has 2 bridgehead atoms. The number of anilines is 1. The maximum atomic E-state index is 12.9. The molecule has 2 fully saturated rings. The molecule has 2 amide bonds. The number of aromatic nitrogens is 2. The molecular formula is C20H24N4O2S. The Hall–Kier alpha value is -2.15. The summed E-state index contributed by atoms with van der Waals surface area (Å²) in [4.78, 5) is 25.2. The molecule has 0 radical (unpaired) electrons. The molecule has 2 aromatic rings. The number of aryl methyl sites for hydroxylation is 2. The van der Waals surface area contributed by atoms with E-state index in [0.29, 0.717) is 5.88 Å². The van der Waals surface area contributed by atoms with Crippen LogP contribution in [0.15, 0.2) is 24.4 Å². The van der Waals surface area contributed by atoms with E-state index in [1.54, 1.807) is 17.5 Å². The lowest BCUT2D eigenvalue weighted by Gasteiger charge is -2.38. The molecule has 5 rings (SSSR count). The van der Waals surface area contributed by atoms with Crippen molar-refractivity contribution in [3.63, 3.8) is 0 Å². The summed E-state index contributed by atoms with van der Waals surface area (Å²) in [7, 11) is 0. The quantitative estimate of drug-likeness (QED) is 0.868. The van der Waals surface area contributed by atoms with Crippen LogP contribution in [-0.2, 0) is 12.8 Å². The molecular weight excluding hydrogens is 360 g/mol. The molecule has 1 N–H and O–H groups in total. The first kappa shape index (κ1) is 17.0. The van der Waals surface area contributed by atoms with E-state index in [2.05, 4.69) is 15.3 Å². The second kappa shape index (κ2) is 7.11. The number of rotatable bonds is 3. The number of hydrogen-bond donors (Lipinski definition) is 1. The number of nitrogens with one attached hydrogen (secondary N) is 1. The molecule has 4 heterocycles. The topological polar surface area (TPSA) is 67.4 Å². The average Bonchev–Trinajstić information content (AvgIpc) is 3.20. The van der Waals surface area contributed by atoms with Crippen molar-refractivity contribution in [1.29, 1.82) is 0 Å². The van der Waals surface area contributed by atoms with Gasteiger partial charge in [0.05, 0.1) is 5.69 Å². The van der Waals surface area contributed by atoms with Crippen LogP contribution in [0.2, 0.25) is 0 Å². The minimum Gasteiger partial charge on any atom is -0.474 e. The molecule has 2 aromatic heterocycles. The van der Waals surface area contributed by atoms with E-state index >= 15 is 0 Å². The third-order valence-corrected chi connectivity index (χ3v) is 6.98. The Labute approximate surface area is 163 Å². The number of piperidine rings is 1. The van der Waals surface area contributed by atoms with Crippen molar-refractivity contribution in [2.45, 2.75) is 69.6 Å². The Balaban J connectivity index is 1.24. The molecule has 3 aliphatic rings. The van der Waals surface area contributed by atoms with Crippen LogP contribution in [-0.4, -0.2) is 39.1 Å². The number of carbonyl (C=O) groups excluding carboxylic acids is 1. The fourth-order valence-corrected chi connectivity index (χ4v) is 5.74. The van der Waals surface area contributed by atoms with Crippen molar-refractivity contribution in [3.05, 3.63) is 35.0 Å². The summed E-state index contributed by atoms with van der Waals surface area (Å²) in [5, 5.41) is 3.84. The van der Waals surface area contributed by atoms with E-state index in [-0.39, 0.29) is 24.2 Å². The highest BCUT2D eigenvalue weighted by Crippen LogP contribution is 2.38. The Bertz CT molecular complexity index is 787. The van der Waals surface area contributed by atoms with Crippen molar-refractivity contribution in [2.24, 2.45) is 0 Å². The molecule has 27 heavy (non-hydrogen) atoms. The van der Waals surface area contributed by atoms with Crippen LogP contribution in [0.25, 0.3) is 0 Å². The summed E-state index contributed by atoms with van der Waals surface area (Å²) >= 11 is 1.65. The van der Waals surface area contributed by atoms with Gasteiger partial charge in [0.2, 0.25) is 5.88 Å². The van der Waals surface area contributed by atoms with Gasteiger partial charge in [-0.1, -0.05) is 6.07 Å². The number of amides is 2. The number of nitrogens with zero attached hydrogens (tertiary/aromatic N) is 3. The minimum atomic E-state index is 0.00452. The largest absolute Gasteiger partial charge is 0.474 e. The molecule has 2 saturated heterocycles. The summed E-state index contributed by atoms with van der Waals surface area (Å²) in [5.74, 6) is 0.674. The van der Waals surface area contributed by atoms with Crippen molar-refractivity contribution >= 4 is 22.5 Å². The minimum absolute atomic E-state index is 0.00452. The van der Waals surface area contributed by atoms with E-state index < -0.39 is 0 Å². The predicted octanol–water partition coefficient (Wildman–Crippen LogP) is 4.02. The van der Waals surface area contributed by atoms with Crippen molar-refractivity contribution in [3.8, 4) is 5.88 Å². The van der Waals surface area contributed by atoms with Crippen LogP contribution in [0.3, 0.4) is 0 Å². The summed E-state index contributed by atoms with van der Waals surface area (Å²) in [5.41, 5.74) is 1.19. The number of thiazole rings is 1. The van der Waals surface area contributed by atoms with Crippen LogP contribution < -0.4 is 10.1 Å².